The summed E-state index contributed by atoms with van der Waals surface area (Å²) in [4.78, 5) is 18.3. The molecule has 1 amide bonds. The fraction of sp³-hybridized carbons (Fsp3) is 0.538. The first-order chi connectivity index (χ1) is 8.69. The highest BCUT2D eigenvalue weighted by Gasteiger charge is 2.23. The van der Waals surface area contributed by atoms with E-state index in [1.54, 1.807) is 12.3 Å². The first kappa shape index (κ1) is 13.2. The third kappa shape index (κ3) is 3.38. The molecule has 1 unspecified atom stereocenters. The Morgan fingerprint density at radius 2 is 2.44 bits per heavy atom. The Hall–Kier alpha value is -1.23. The summed E-state index contributed by atoms with van der Waals surface area (Å²) in [5.74, 6) is 1.21. The molecule has 1 aromatic rings. The molecular weight excluding hydrogens is 246 g/mol. The highest BCUT2D eigenvalue weighted by Crippen LogP contribution is 2.21. The number of carbonyl (C=O) groups is 1. The van der Waals surface area contributed by atoms with Gasteiger partial charge in [-0.05, 0) is 18.6 Å². The van der Waals surface area contributed by atoms with Crippen LogP contribution in [-0.2, 0) is 11.2 Å². The molecule has 1 aliphatic heterocycles. The van der Waals surface area contributed by atoms with Crippen LogP contribution in [0.15, 0.2) is 18.3 Å². The normalized spacial score (nSPS) is 19.8. The van der Waals surface area contributed by atoms with Gasteiger partial charge >= 0.3 is 0 Å². The molecule has 0 radical (unpaired) electrons. The predicted molar refractivity (Wildman–Crippen MR) is 75.5 cm³/mol. The molecule has 0 bridgehead atoms. The van der Waals surface area contributed by atoms with E-state index in [0.717, 1.165) is 31.0 Å². The minimum atomic E-state index is 0.172. The molecule has 2 heterocycles. The van der Waals surface area contributed by atoms with Crippen molar-refractivity contribution >= 4 is 23.4 Å². The SMILES string of the molecule is CCC1CN(C(=O)Cc2ccc(N)cn2)CCS1. The topological polar surface area (TPSA) is 59.2 Å². The van der Waals surface area contributed by atoms with Crippen LogP contribution in [0.1, 0.15) is 19.0 Å². The van der Waals surface area contributed by atoms with Crippen molar-refractivity contribution in [1.29, 1.82) is 0 Å². The molecule has 1 saturated heterocycles. The van der Waals surface area contributed by atoms with Crippen LogP contribution >= 0.6 is 11.8 Å². The van der Waals surface area contributed by atoms with Crippen molar-refractivity contribution in [1.82, 2.24) is 9.88 Å². The summed E-state index contributed by atoms with van der Waals surface area (Å²) >= 11 is 1.97. The second-order valence-corrected chi connectivity index (χ2v) is 5.91. The highest BCUT2D eigenvalue weighted by atomic mass is 32.2. The molecule has 2 N–H and O–H groups in total. The van der Waals surface area contributed by atoms with Crippen LogP contribution in [0.25, 0.3) is 0 Å². The fourth-order valence-corrected chi connectivity index (χ4v) is 3.18. The molecule has 1 aromatic heterocycles. The maximum atomic E-state index is 12.2. The zero-order valence-electron chi connectivity index (χ0n) is 10.6. The Morgan fingerprint density at radius 3 is 3.11 bits per heavy atom. The second kappa shape index (κ2) is 6.09. The predicted octanol–water partition coefficient (Wildman–Crippen LogP) is 1.56. The van der Waals surface area contributed by atoms with Gasteiger partial charge in [0.15, 0.2) is 0 Å². The summed E-state index contributed by atoms with van der Waals surface area (Å²) < 4.78 is 0. The highest BCUT2D eigenvalue weighted by molar-refractivity contribution is 8.00. The van der Waals surface area contributed by atoms with Crippen LogP contribution in [0.5, 0.6) is 0 Å². The molecule has 98 valence electrons. The van der Waals surface area contributed by atoms with Gasteiger partial charge in [-0.3, -0.25) is 9.78 Å². The monoisotopic (exact) mass is 265 g/mol. The third-order valence-corrected chi connectivity index (χ3v) is 4.50. The number of anilines is 1. The van der Waals surface area contributed by atoms with E-state index in [-0.39, 0.29) is 5.91 Å². The Balaban J connectivity index is 1.93. The summed E-state index contributed by atoms with van der Waals surface area (Å²) in [5.41, 5.74) is 7.00. The van der Waals surface area contributed by atoms with Gasteiger partial charge in [0.05, 0.1) is 18.3 Å². The van der Waals surface area contributed by atoms with Gasteiger partial charge in [0.1, 0.15) is 0 Å². The van der Waals surface area contributed by atoms with Crippen molar-refractivity contribution in [2.75, 3.05) is 24.6 Å². The van der Waals surface area contributed by atoms with Gasteiger partial charge in [0.2, 0.25) is 5.91 Å². The molecule has 0 spiro atoms. The summed E-state index contributed by atoms with van der Waals surface area (Å²) in [7, 11) is 0. The number of pyridine rings is 1. The number of rotatable bonds is 3. The maximum Gasteiger partial charge on any atom is 0.228 e. The van der Waals surface area contributed by atoms with E-state index in [0.29, 0.717) is 17.4 Å². The van der Waals surface area contributed by atoms with Gasteiger partial charge in [0.25, 0.3) is 0 Å². The summed E-state index contributed by atoms with van der Waals surface area (Å²) in [6, 6.07) is 3.61. The Bertz CT molecular complexity index is 407. The Morgan fingerprint density at radius 1 is 1.61 bits per heavy atom. The number of nitrogen functional groups attached to an aromatic ring is 1. The molecule has 1 fully saturated rings. The number of nitrogens with zero attached hydrogens (tertiary/aromatic N) is 2. The van der Waals surface area contributed by atoms with Gasteiger partial charge < -0.3 is 10.6 Å². The van der Waals surface area contributed by atoms with Crippen LogP contribution in [0.3, 0.4) is 0 Å². The van der Waals surface area contributed by atoms with E-state index in [1.807, 2.05) is 22.7 Å². The van der Waals surface area contributed by atoms with E-state index in [2.05, 4.69) is 11.9 Å². The summed E-state index contributed by atoms with van der Waals surface area (Å²) in [5, 5.41) is 0.585. The van der Waals surface area contributed by atoms with Crippen molar-refractivity contribution in [2.24, 2.45) is 0 Å². The number of aromatic nitrogens is 1. The molecule has 1 atom stereocenters. The molecule has 0 saturated carbocycles. The quantitative estimate of drug-likeness (QED) is 0.901. The number of hydrogen-bond acceptors (Lipinski definition) is 4. The number of carbonyl (C=O) groups excluding carboxylic acids is 1. The van der Waals surface area contributed by atoms with Crippen LogP contribution in [0.2, 0.25) is 0 Å². The van der Waals surface area contributed by atoms with Crippen molar-refractivity contribution in [3.05, 3.63) is 24.0 Å². The van der Waals surface area contributed by atoms with Crippen LogP contribution in [0, 0.1) is 0 Å². The molecule has 0 aromatic carbocycles. The summed E-state index contributed by atoms with van der Waals surface area (Å²) in [6.07, 6.45) is 3.10. The molecular formula is C13H19N3OS. The van der Waals surface area contributed by atoms with E-state index in [9.17, 15) is 4.79 Å². The van der Waals surface area contributed by atoms with E-state index in [1.165, 1.54) is 0 Å². The largest absolute Gasteiger partial charge is 0.397 e. The average Bonchev–Trinajstić information content (AvgIpc) is 2.41. The zero-order chi connectivity index (χ0) is 13.0. The van der Waals surface area contributed by atoms with Gasteiger partial charge in [-0.2, -0.15) is 11.8 Å². The maximum absolute atomic E-state index is 12.2. The Labute approximate surface area is 112 Å². The van der Waals surface area contributed by atoms with Crippen molar-refractivity contribution in [2.45, 2.75) is 25.0 Å². The van der Waals surface area contributed by atoms with Gasteiger partial charge in [-0.25, -0.2) is 0 Å². The molecule has 5 heteroatoms. The number of nitrogens with two attached hydrogens (primary N) is 1. The van der Waals surface area contributed by atoms with Gasteiger partial charge in [-0.15, -0.1) is 0 Å². The lowest BCUT2D eigenvalue weighted by Crippen LogP contribution is -2.42. The standard InChI is InChI=1S/C13H19N3OS/c1-2-12-9-16(5-6-18-12)13(17)7-11-4-3-10(14)8-15-11/h3-4,8,12H,2,5-7,9,14H2,1H3. The minimum Gasteiger partial charge on any atom is -0.397 e. The Kier molecular flexibility index (Phi) is 4.47. The molecule has 4 nitrogen and oxygen atoms in total. The molecule has 1 aliphatic rings. The third-order valence-electron chi connectivity index (χ3n) is 3.13. The first-order valence-corrected chi connectivity index (χ1v) is 7.33. The lowest BCUT2D eigenvalue weighted by atomic mass is 10.2. The fourth-order valence-electron chi connectivity index (χ4n) is 2.00. The zero-order valence-corrected chi connectivity index (χ0v) is 11.4. The number of hydrogen-bond donors (Lipinski definition) is 1. The number of thioether (sulfide) groups is 1. The number of amides is 1. The van der Waals surface area contributed by atoms with Crippen molar-refractivity contribution in [3.63, 3.8) is 0 Å². The van der Waals surface area contributed by atoms with E-state index >= 15 is 0 Å². The first-order valence-electron chi connectivity index (χ1n) is 6.29. The second-order valence-electron chi connectivity index (χ2n) is 4.50. The van der Waals surface area contributed by atoms with Crippen molar-refractivity contribution in [3.8, 4) is 0 Å². The molecule has 18 heavy (non-hydrogen) atoms. The minimum absolute atomic E-state index is 0.172. The molecule has 0 aliphatic carbocycles. The average molecular weight is 265 g/mol. The van der Waals surface area contributed by atoms with Crippen LogP contribution in [0.4, 0.5) is 5.69 Å². The molecule has 2 rings (SSSR count). The van der Waals surface area contributed by atoms with Gasteiger partial charge in [-0.1, -0.05) is 6.92 Å². The lowest BCUT2D eigenvalue weighted by molar-refractivity contribution is -0.130. The van der Waals surface area contributed by atoms with Crippen molar-refractivity contribution < 1.29 is 4.79 Å². The lowest BCUT2D eigenvalue weighted by Gasteiger charge is -2.31. The van der Waals surface area contributed by atoms with Crippen LogP contribution < -0.4 is 5.73 Å². The summed E-state index contributed by atoms with van der Waals surface area (Å²) in [6.45, 7) is 3.90. The van der Waals surface area contributed by atoms with E-state index < -0.39 is 0 Å². The van der Waals surface area contributed by atoms with Crippen LogP contribution in [-0.4, -0.2) is 39.9 Å². The van der Waals surface area contributed by atoms with Gasteiger partial charge in [0, 0.05) is 29.8 Å². The van der Waals surface area contributed by atoms with E-state index in [4.69, 9.17) is 5.73 Å². The smallest absolute Gasteiger partial charge is 0.228 e.